The Hall–Kier alpha value is -1.44. The molecule has 0 aromatic heterocycles. The molecule has 0 aliphatic carbocycles. The number of hydrogen-bond donors (Lipinski definition) is 3. The van der Waals surface area contributed by atoms with Crippen LogP contribution in [0.3, 0.4) is 0 Å². The summed E-state index contributed by atoms with van der Waals surface area (Å²) < 4.78 is 0. The van der Waals surface area contributed by atoms with Crippen LogP contribution in [0.5, 0.6) is 0 Å². The van der Waals surface area contributed by atoms with E-state index in [2.05, 4.69) is 10.5 Å². The van der Waals surface area contributed by atoms with Crippen LogP contribution in [-0.2, 0) is 0 Å². The van der Waals surface area contributed by atoms with E-state index < -0.39 is 0 Å². The lowest BCUT2D eigenvalue weighted by atomic mass is 10.8. The maximum absolute atomic E-state index is 10.3. The minimum atomic E-state index is 0.225. The summed E-state index contributed by atoms with van der Waals surface area (Å²) in [5.41, 5.74) is 5.81. The molecular weight excluding hydrogens is 140 g/mol. The summed E-state index contributed by atoms with van der Waals surface area (Å²) in [6, 6.07) is 0. The molecule has 0 aliphatic rings. The highest BCUT2D eigenvalue weighted by Crippen LogP contribution is 1.66. The first-order valence-corrected chi connectivity index (χ1v) is 2.54. The van der Waals surface area contributed by atoms with Gasteiger partial charge in [-0.3, -0.25) is 0 Å². The van der Waals surface area contributed by atoms with Gasteiger partial charge in [0.2, 0.25) is 0 Å². The maximum atomic E-state index is 10.3. The van der Waals surface area contributed by atoms with E-state index >= 15 is 0 Å². The molecule has 58 valence electrons. The number of hydrogen-bond acceptors (Lipinski definition) is 5. The first-order chi connectivity index (χ1) is 4.81. The molecule has 0 atom stereocenters. The third kappa shape index (κ3) is 4.71. The molecule has 10 heavy (non-hydrogen) atoms. The minimum absolute atomic E-state index is 0.225. The normalized spacial score (nSPS) is 10.7. The van der Waals surface area contributed by atoms with Gasteiger partial charge in [-0.05, 0) is 12.5 Å². The SMILES string of the molecule is CC[N+]([O-])=NNNNN=O. The average Bonchev–Trinajstić information content (AvgIpc) is 1.98. The zero-order valence-electron chi connectivity index (χ0n) is 5.37. The Morgan fingerprint density at radius 2 is 2.30 bits per heavy atom. The molecule has 0 fully saturated rings. The predicted molar refractivity (Wildman–Crippen MR) is 31.8 cm³/mol. The Morgan fingerprint density at radius 1 is 1.60 bits per heavy atom. The van der Waals surface area contributed by atoms with Crippen molar-refractivity contribution in [3.05, 3.63) is 10.1 Å². The van der Waals surface area contributed by atoms with Gasteiger partial charge in [0, 0.05) is 0 Å². The van der Waals surface area contributed by atoms with Gasteiger partial charge in [0.05, 0.1) is 5.29 Å². The van der Waals surface area contributed by atoms with Gasteiger partial charge in [-0.1, -0.05) is 5.53 Å². The van der Waals surface area contributed by atoms with Crippen molar-refractivity contribution in [2.24, 2.45) is 10.5 Å². The van der Waals surface area contributed by atoms with Crippen molar-refractivity contribution in [1.29, 1.82) is 0 Å². The number of hydroxylamine groups is 1. The third-order valence-electron chi connectivity index (χ3n) is 0.590. The van der Waals surface area contributed by atoms with E-state index in [4.69, 9.17) is 0 Å². The number of nitrogens with zero attached hydrogens (tertiary/aromatic N) is 3. The molecule has 0 spiro atoms. The molecule has 0 heterocycles. The molecule has 3 N–H and O–H groups in total. The standard InChI is InChI=1S/C2H8N6O2/c1-2-8(10)6-4-3-5-7-9/h2H2,1H3,(H,3,7)(H2,4,5,9). The molecule has 0 rings (SSSR count). The van der Waals surface area contributed by atoms with Crippen LogP contribution >= 0.6 is 0 Å². The second-order valence-corrected chi connectivity index (χ2v) is 1.21. The van der Waals surface area contributed by atoms with E-state index in [1.807, 2.05) is 11.1 Å². The van der Waals surface area contributed by atoms with Gasteiger partial charge in [-0.2, -0.15) is 10.4 Å². The summed E-state index contributed by atoms with van der Waals surface area (Å²) in [5, 5.41) is 15.6. The fourth-order valence-electron chi connectivity index (χ4n) is 0.199. The zero-order valence-corrected chi connectivity index (χ0v) is 5.37. The molecule has 0 aromatic rings. The van der Waals surface area contributed by atoms with Crippen LogP contribution in [0.2, 0.25) is 0 Å². The smallest absolute Gasteiger partial charge is 0.108 e. The summed E-state index contributed by atoms with van der Waals surface area (Å²) in [5.74, 6) is 0. The summed E-state index contributed by atoms with van der Waals surface area (Å²) in [7, 11) is 0. The van der Waals surface area contributed by atoms with Crippen LogP contribution in [0.25, 0.3) is 0 Å². The second kappa shape index (κ2) is 5.69. The average molecular weight is 148 g/mol. The monoisotopic (exact) mass is 148 g/mol. The number of nitrogens with one attached hydrogen (secondary N) is 3. The lowest BCUT2D eigenvalue weighted by Gasteiger charge is -1.99. The molecular formula is C2H8N6O2. The Bertz CT molecular complexity index is 123. The van der Waals surface area contributed by atoms with Crippen molar-refractivity contribution in [1.82, 2.24) is 16.6 Å². The fourth-order valence-corrected chi connectivity index (χ4v) is 0.199. The quantitative estimate of drug-likeness (QED) is 0.155. The van der Waals surface area contributed by atoms with Crippen molar-refractivity contribution < 1.29 is 4.86 Å². The molecule has 8 nitrogen and oxygen atoms in total. The van der Waals surface area contributed by atoms with Crippen molar-refractivity contribution in [2.45, 2.75) is 6.92 Å². The topological polar surface area (TPSA) is 104 Å². The van der Waals surface area contributed by atoms with Gasteiger partial charge in [-0.15, -0.1) is 4.91 Å². The number of hydrazine groups is 2. The van der Waals surface area contributed by atoms with Gasteiger partial charge < -0.3 is 5.21 Å². The van der Waals surface area contributed by atoms with Crippen molar-refractivity contribution in [3.8, 4) is 0 Å². The van der Waals surface area contributed by atoms with Gasteiger partial charge >= 0.3 is 0 Å². The summed E-state index contributed by atoms with van der Waals surface area (Å²) in [6.45, 7) is 1.85. The molecule has 8 heteroatoms. The Kier molecular flexibility index (Phi) is 4.87. The van der Waals surface area contributed by atoms with Crippen molar-refractivity contribution in [3.63, 3.8) is 0 Å². The summed E-state index contributed by atoms with van der Waals surface area (Å²) in [4.78, 5) is 9.71. The van der Waals surface area contributed by atoms with Crippen LogP contribution in [-0.4, -0.2) is 11.4 Å². The third-order valence-corrected chi connectivity index (χ3v) is 0.590. The van der Waals surface area contributed by atoms with Gasteiger partial charge in [0.25, 0.3) is 0 Å². The molecule has 0 saturated heterocycles. The Morgan fingerprint density at radius 3 is 2.80 bits per heavy atom. The van der Waals surface area contributed by atoms with Crippen LogP contribution in [0.1, 0.15) is 6.92 Å². The zero-order chi connectivity index (χ0) is 7.82. The van der Waals surface area contributed by atoms with E-state index in [9.17, 15) is 10.1 Å². The van der Waals surface area contributed by atoms with Crippen LogP contribution in [0.4, 0.5) is 0 Å². The number of rotatable bonds is 5. The van der Waals surface area contributed by atoms with E-state index in [-0.39, 0.29) is 6.54 Å². The molecule has 0 radical (unpaired) electrons. The van der Waals surface area contributed by atoms with E-state index in [0.717, 1.165) is 0 Å². The molecule has 0 saturated carbocycles. The second-order valence-electron chi connectivity index (χ2n) is 1.21. The van der Waals surface area contributed by atoms with Crippen LogP contribution < -0.4 is 16.6 Å². The van der Waals surface area contributed by atoms with Crippen molar-refractivity contribution >= 4 is 0 Å². The van der Waals surface area contributed by atoms with Gasteiger partial charge in [0.15, 0.2) is 0 Å². The minimum Gasteiger partial charge on any atom is -0.696 e. The van der Waals surface area contributed by atoms with Crippen LogP contribution in [0.15, 0.2) is 10.5 Å². The fraction of sp³-hybridized carbons (Fsp3) is 1.00. The Balaban J connectivity index is 3.24. The molecule has 0 bridgehead atoms. The largest absolute Gasteiger partial charge is 0.696 e. The van der Waals surface area contributed by atoms with E-state index in [1.165, 1.54) is 0 Å². The number of nitroso groups, excluding NO2 is 1. The molecule has 0 amide bonds. The van der Waals surface area contributed by atoms with Crippen LogP contribution in [0, 0.1) is 10.1 Å². The molecule has 0 unspecified atom stereocenters. The first-order valence-electron chi connectivity index (χ1n) is 2.54. The van der Waals surface area contributed by atoms with Gasteiger partial charge in [0.1, 0.15) is 11.8 Å². The highest BCUT2D eigenvalue weighted by Gasteiger charge is 1.82. The maximum Gasteiger partial charge on any atom is 0.108 e. The summed E-state index contributed by atoms with van der Waals surface area (Å²) >= 11 is 0. The first kappa shape index (κ1) is 8.56. The molecule has 0 aromatic carbocycles. The summed E-state index contributed by atoms with van der Waals surface area (Å²) in [6.07, 6.45) is 0. The highest BCUT2D eigenvalue weighted by molar-refractivity contribution is 4.12. The molecule has 0 aliphatic heterocycles. The van der Waals surface area contributed by atoms with E-state index in [1.54, 1.807) is 12.5 Å². The van der Waals surface area contributed by atoms with Crippen molar-refractivity contribution in [2.75, 3.05) is 6.54 Å². The highest BCUT2D eigenvalue weighted by atomic mass is 16.5. The van der Waals surface area contributed by atoms with E-state index in [0.29, 0.717) is 4.86 Å². The Labute approximate surface area is 56.7 Å². The van der Waals surface area contributed by atoms with Gasteiger partial charge in [-0.25, -0.2) is 0 Å². The lowest BCUT2D eigenvalue weighted by Crippen LogP contribution is -2.37. The lowest BCUT2D eigenvalue weighted by molar-refractivity contribution is -0.532. The predicted octanol–water partition coefficient (Wildman–Crippen LogP) is -0.836.